The van der Waals surface area contributed by atoms with E-state index in [4.69, 9.17) is 0 Å². The van der Waals surface area contributed by atoms with Gasteiger partial charge in [-0.1, -0.05) is 61.3 Å². The van der Waals surface area contributed by atoms with E-state index in [0.29, 0.717) is 11.9 Å². The molecular weight excluding hydrogens is 304 g/mol. The molecule has 0 aliphatic carbocycles. The van der Waals surface area contributed by atoms with Crippen molar-refractivity contribution in [3.05, 3.63) is 71.1 Å². The Labute approximate surface area is 141 Å². The Hall–Kier alpha value is -2.20. The molecule has 3 nitrogen and oxygen atoms in total. The second kappa shape index (κ2) is 7.88. The third-order valence-corrected chi connectivity index (χ3v) is 4.62. The fourth-order valence-corrected chi connectivity index (χ4v) is 3.35. The maximum absolute atomic E-state index is 12.3. The molecule has 2 aromatic rings. The standard InChI is InChI=1S/C19H22N2OS/c1-5-9-15(14(3)4)13-21(12-6-2)19-20-18(22)16-10-7-8-11-17(16)23-19/h5,7-11H,1,3,6,12-13H2,2,4H3/b15-9-. The number of benzene rings is 1. The molecule has 2 rings (SSSR count). The van der Waals surface area contributed by atoms with Crippen LogP contribution in [0.1, 0.15) is 20.3 Å². The number of anilines is 1. The monoisotopic (exact) mass is 326 g/mol. The van der Waals surface area contributed by atoms with Crippen LogP contribution in [0, 0.1) is 0 Å². The first-order valence-electron chi connectivity index (χ1n) is 7.69. The number of hydrogen-bond acceptors (Lipinski definition) is 4. The van der Waals surface area contributed by atoms with Crippen LogP contribution in [0.15, 0.2) is 65.5 Å². The predicted molar refractivity (Wildman–Crippen MR) is 101 cm³/mol. The van der Waals surface area contributed by atoms with Crippen molar-refractivity contribution >= 4 is 26.6 Å². The summed E-state index contributed by atoms with van der Waals surface area (Å²) < 4.78 is 0.966. The number of allylic oxidation sites excluding steroid dienone is 2. The fraction of sp³-hybridized carbons (Fsp3) is 0.263. The molecule has 0 saturated heterocycles. The lowest BCUT2D eigenvalue weighted by Gasteiger charge is -2.24. The van der Waals surface area contributed by atoms with Crippen LogP contribution in [0.25, 0.3) is 10.1 Å². The van der Waals surface area contributed by atoms with E-state index in [1.165, 1.54) is 0 Å². The summed E-state index contributed by atoms with van der Waals surface area (Å²) in [5, 5.41) is 1.44. The SMILES string of the molecule is C=C/C=C(/CN(CCC)c1nc(=O)c2ccccc2s1)C(=C)C. The largest absolute Gasteiger partial charge is 0.344 e. The quantitative estimate of drug-likeness (QED) is 0.699. The van der Waals surface area contributed by atoms with Gasteiger partial charge in [0.2, 0.25) is 0 Å². The molecule has 0 bridgehead atoms. The Morgan fingerprint density at radius 1 is 1.39 bits per heavy atom. The molecule has 1 aromatic heterocycles. The zero-order valence-corrected chi connectivity index (χ0v) is 14.5. The molecule has 0 aliphatic heterocycles. The summed E-state index contributed by atoms with van der Waals surface area (Å²) in [7, 11) is 0. The molecule has 0 amide bonds. The van der Waals surface area contributed by atoms with Crippen molar-refractivity contribution in [1.82, 2.24) is 4.98 Å². The molecule has 0 unspecified atom stereocenters. The highest BCUT2D eigenvalue weighted by atomic mass is 32.1. The van der Waals surface area contributed by atoms with Crippen molar-refractivity contribution in [1.29, 1.82) is 0 Å². The van der Waals surface area contributed by atoms with Crippen LogP contribution >= 0.6 is 11.3 Å². The van der Waals surface area contributed by atoms with Crippen LogP contribution in [-0.4, -0.2) is 18.1 Å². The van der Waals surface area contributed by atoms with Crippen LogP contribution in [0.3, 0.4) is 0 Å². The van der Waals surface area contributed by atoms with Gasteiger partial charge in [-0.25, -0.2) is 0 Å². The summed E-state index contributed by atoms with van der Waals surface area (Å²) in [6.07, 6.45) is 4.71. The lowest BCUT2D eigenvalue weighted by Crippen LogP contribution is -2.28. The first-order chi connectivity index (χ1) is 11.1. The van der Waals surface area contributed by atoms with Gasteiger partial charge in [0.1, 0.15) is 0 Å². The Morgan fingerprint density at radius 3 is 2.78 bits per heavy atom. The summed E-state index contributed by atoms with van der Waals surface area (Å²) >= 11 is 1.55. The van der Waals surface area contributed by atoms with Gasteiger partial charge in [0.15, 0.2) is 5.13 Å². The third kappa shape index (κ3) is 4.17. The van der Waals surface area contributed by atoms with E-state index in [1.54, 1.807) is 17.4 Å². The molecule has 4 heteroatoms. The average Bonchev–Trinajstić information content (AvgIpc) is 2.53. The van der Waals surface area contributed by atoms with Crippen LogP contribution in [0.5, 0.6) is 0 Å². The van der Waals surface area contributed by atoms with E-state index in [0.717, 1.165) is 33.9 Å². The van der Waals surface area contributed by atoms with E-state index in [9.17, 15) is 4.79 Å². The third-order valence-electron chi connectivity index (χ3n) is 3.51. The second-order valence-electron chi connectivity index (χ2n) is 5.43. The van der Waals surface area contributed by atoms with E-state index < -0.39 is 0 Å². The topological polar surface area (TPSA) is 33.2 Å². The first-order valence-corrected chi connectivity index (χ1v) is 8.50. The van der Waals surface area contributed by atoms with Gasteiger partial charge in [-0.05, 0) is 31.1 Å². The number of hydrogen-bond donors (Lipinski definition) is 0. The van der Waals surface area contributed by atoms with Crippen molar-refractivity contribution in [3.63, 3.8) is 0 Å². The highest BCUT2D eigenvalue weighted by Crippen LogP contribution is 2.25. The van der Waals surface area contributed by atoms with Crippen molar-refractivity contribution in [3.8, 4) is 0 Å². The van der Waals surface area contributed by atoms with Gasteiger partial charge in [0, 0.05) is 17.8 Å². The van der Waals surface area contributed by atoms with E-state index in [-0.39, 0.29) is 5.56 Å². The molecule has 0 aliphatic rings. The van der Waals surface area contributed by atoms with Crippen molar-refractivity contribution in [2.45, 2.75) is 20.3 Å². The Kier molecular flexibility index (Phi) is 5.88. The summed E-state index contributed by atoms with van der Waals surface area (Å²) in [6.45, 7) is 13.4. The number of fused-ring (bicyclic) bond motifs is 1. The zero-order chi connectivity index (χ0) is 16.8. The van der Waals surface area contributed by atoms with Crippen LogP contribution in [-0.2, 0) is 0 Å². The summed E-state index contributed by atoms with van der Waals surface area (Å²) in [5.74, 6) is 0. The predicted octanol–water partition coefficient (Wildman–Crippen LogP) is 4.56. The minimum Gasteiger partial charge on any atom is -0.344 e. The second-order valence-corrected chi connectivity index (χ2v) is 6.44. The average molecular weight is 326 g/mol. The molecule has 23 heavy (non-hydrogen) atoms. The summed E-state index contributed by atoms with van der Waals surface area (Å²) in [5.41, 5.74) is 1.93. The molecule has 0 fully saturated rings. The maximum atomic E-state index is 12.3. The van der Waals surface area contributed by atoms with Gasteiger partial charge in [-0.2, -0.15) is 4.98 Å². The van der Waals surface area contributed by atoms with Gasteiger partial charge in [-0.15, -0.1) is 0 Å². The maximum Gasteiger partial charge on any atom is 0.281 e. The van der Waals surface area contributed by atoms with Crippen molar-refractivity contribution in [2.24, 2.45) is 0 Å². The van der Waals surface area contributed by atoms with Gasteiger partial charge in [0.25, 0.3) is 5.56 Å². The molecule has 0 atom stereocenters. The highest BCUT2D eigenvalue weighted by molar-refractivity contribution is 7.21. The number of rotatable bonds is 7. The lowest BCUT2D eigenvalue weighted by atomic mass is 10.1. The normalized spacial score (nSPS) is 11.5. The van der Waals surface area contributed by atoms with Crippen LogP contribution in [0.4, 0.5) is 5.13 Å². The summed E-state index contributed by atoms with van der Waals surface area (Å²) in [6, 6.07) is 7.61. The Balaban J connectivity index is 2.45. The molecule has 120 valence electrons. The zero-order valence-electron chi connectivity index (χ0n) is 13.7. The van der Waals surface area contributed by atoms with Gasteiger partial charge in [-0.3, -0.25) is 4.79 Å². The fourth-order valence-electron chi connectivity index (χ4n) is 2.33. The van der Waals surface area contributed by atoms with Crippen molar-refractivity contribution in [2.75, 3.05) is 18.0 Å². The number of aromatic nitrogens is 1. The molecule has 0 radical (unpaired) electrons. The lowest BCUT2D eigenvalue weighted by molar-refractivity contribution is 0.797. The van der Waals surface area contributed by atoms with E-state index in [2.05, 4.69) is 30.0 Å². The Bertz CT molecular complexity index is 804. The first kappa shape index (κ1) is 17.2. The van der Waals surface area contributed by atoms with Crippen LogP contribution in [0.2, 0.25) is 0 Å². The summed E-state index contributed by atoms with van der Waals surface area (Å²) in [4.78, 5) is 18.7. The van der Waals surface area contributed by atoms with Gasteiger partial charge < -0.3 is 4.90 Å². The molecule has 1 aromatic carbocycles. The minimum atomic E-state index is -0.167. The molecule has 1 heterocycles. The van der Waals surface area contributed by atoms with Crippen molar-refractivity contribution < 1.29 is 0 Å². The highest BCUT2D eigenvalue weighted by Gasteiger charge is 2.13. The van der Waals surface area contributed by atoms with Gasteiger partial charge >= 0.3 is 0 Å². The van der Waals surface area contributed by atoms with Gasteiger partial charge in [0.05, 0.1) is 5.39 Å². The molecule has 0 N–H and O–H groups in total. The van der Waals surface area contributed by atoms with E-state index >= 15 is 0 Å². The van der Waals surface area contributed by atoms with Crippen LogP contribution < -0.4 is 10.5 Å². The Morgan fingerprint density at radius 2 is 2.13 bits per heavy atom. The molecule has 0 spiro atoms. The number of nitrogens with zero attached hydrogens (tertiary/aromatic N) is 2. The van der Waals surface area contributed by atoms with E-state index in [1.807, 2.05) is 37.3 Å². The minimum absolute atomic E-state index is 0.167. The molecular formula is C19H22N2OS. The molecule has 0 saturated carbocycles. The smallest absolute Gasteiger partial charge is 0.281 e.